The Balaban J connectivity index is 1.55. The summed E-state index contributed by atoms with van der Waals surface area (Å²) in [5, 5.41) is 3.47. The van der Waals surface area contributed by atoms with Gasteiger partial charge in [0.2, 0.25) is 5.88 Å². The van der Waals surface area contributed by atoms with Crippen molar-refractivity contribution in [2.45, 2.75) is 6.92 Å². The molecule has 0 unspecified atom stereocenters. The SMILES string of the molecule is Cc1ccc(NC(=O)c2cccc(-c3cc(Oc4ccccc4)ncn3)c2)cc1Cl. The molecular weight excluding hydrogens is 398 g/mol. The fourth-order valence-electron chi connectivity index (χ4n) is 2.86. The lowest BCUT2D eigenvalue weighted by Crippen LogP contribution is -2.12. The van der Waals surface area contributed by atoms with Gasteiger partial charge < -0.3 is 10.1 Å². The second-order valence-electron chi connectivity index (χ2n) is 6.66. The Labute approximate surface area is 179 Å². The molecule has 0 atom stereocenters. The van der Waals surface area contributed by atoms with Gasteiger partial charge in [0.1, 0.15) is 12.1 Å². The first-order valence-electron chi connectivity index (χ1n) is 9.31. The molecule has 0 radical (unpaired) electrons. The second kappa shape index (κ2) is 8.76. The number of anilines is 1. The van der Waals surface area contributed by atoms with Crippen LogP contribution < -0.4 is 10.1 Å². The number of halogens is 1. The lowest BCUT2D eigenvalue weighted by Gasteiger charge is -2.09. The van der Waals surface area contributed by atoms with Gasteiger partial charge in [-0.3, -0.25) is 4.79 Å². The van der Waals surface area contributed by atoms with Gasteiger partial charge in [0, 0.05) is 27.9 Å². The number of hydrogen-bond acceptors (Lipinski definition) is 4. The largest absolute Gasteiger partial charge is 0.439 e. The number of ether oxygens (including phenoxy) is 1. The molecule has 1 aromatic heterocycles. The summed E-state index contributed by atoms with van der Waals surface area (Å²) in [5.74, 6) is 0.883. The van der Waals surface area contributed by atoms with Crippen molar-refractivity contribution in [2.75, 3.05) is 5.32 Å². The van der Waals surface area contributed by atoms with Gasteiger partial charge in [-0.15, -0.1) is 0 Å². The quantitative estimate of drug-likeness (QED) is 0.424. The summed E-state index contributed by atoms with van der Waals surface area (Å²) in [6, 6.07) is 23.8. The van der Waals surface area contributed by atoms with E-state index in [1.807, 2.05) is 61.5 Å². The van der Waals surface area contributed by atoms with Crippen LogP contribution in [-0.4, -0.2) is 15.9 Å². The van der Waals surface area contributed by atoms with E-state index in [0.717, 1.165) is 11.1 Å². The molecule has 0 aliphatic carbocycles. The first-order chi connectivity index (χ1) is 14.6. The standard InChI is InChI=1S/C24H18ClN3O2/c1-16-10-11-19(13-21(16)25)28-24(29)18-7-5-6-17(12-18)22-14-23(27-15-26-22)30-20-8-3-2-4-9-20/h2-15H,1H3,(H,28,29). The minimum absolute atomic E-state index is 0.230. The molecule has 0 aliphatic heterocycles. The Morgan fingerprint density at radius 3 is 2.57 bits per heavy atom. The minimum Gasteiger partial charge on any atom is -0.439 e. The van der Waals surface area contributed by atoms with Crippen molar-refractivity contribution in [1.29, 1.82) is 0 Å². The summed E-state index contributed by atoms with van der Waals surface area (Å²) in [4.78, 5) is 21.2. The molecule has 1 heterocycles. The van der Waals surface area contributed by atoms with Gasteiger partial charge in [0.25, 0.3) is 5.91 Å². The second-order valence-corrected chi connectivity index (χ2v) is 7.06. The van der Waals surface area contributed by atoms with E-state index in [0.29, 0.717) is 33.6 Å². The lowest BCUT2D eigenvalue weighted by atomic mass is 10.1. The Bertz CT molecular complexity index is 1200. The zero-order valence-corrected chi connectivity index (χ0v) is 16.9. The minimum atomic E-state index is -0.230. The first-order valence-corrected chi connectivity index (χ1v) is 9.69. The molecule has 0 fully saturated rings. The number of hydrogen-bond donors (Lipinski definition) is 1. The monoisotopic (exact) mass is 415 g/mol. The molecule has 4 rings (SSSR count). The first kappa shape index (κ1) is 19.6. The van der Waals surface area contributed by atoms with Crippen molar-refractivity contribution in [3.05, 3.63) is 101 Å². The molecule has 0 aliphatic rings. The van der Waals surface area contributed by atoms with E-state index in [4.69, 9.17) is 16.3 Å². The molecule has 3 aromatic carbocycles. The summed E-state index contributed by atoms with van der Waals surface area (Å²) >= 11 is 6.14. The normalized spacial score (nSPS) is 10.5. The predicted octanol–water partition coefficient (Wildman–Crippen LogP) is 6.15. The van der Waals surface area contributed by atoms with Crippen LogP contribution in [0.2, 0.25) is 5.02 Å². The third-order valence-electron chi connectivity index (χ3n) is 4.46. The summed E-state index contributed by atoms with van der Waals surface area (Å²) in [5.41, 5.74) is 3.54. The molecule has 0 spiro atoms. The smallest absolute Gasteiger partial charge is 0.255 e. The number of aryl methyl sites for hydroxylation is 1. The molecule has 6 heteroatoms. The van der Waals surface area contributed by atoms with Crippen LogP contribution in [0.5, 0.6) is 11.6 Å². The highest BCUT2D eigenvalue weighted by Crippen LogP contribution is 2.25. The summed E-state index contributed by atoms with van der Waals surface area (Å²) in [6.07, 6.45) is 1.44. The lowest BCUT2D eigenvalue weighted by molar-refractivity contribution is 0.102. The van der Waals surface area contributed by atoms with Crippen LogP contribution in [0.15, 0.2) is 85.2 Å². The van der Waals surface area contributed by atoms with Crippen molar-refractivity contribution < 1.29 is 9.53 Å². The summed E-state index contributed by atoms with van der Waals surface area (Å²) in [7, 11) is 0. The highest BCUT2D eigenvalue weighted by atomic mass is 35.5. The maximum Gasteiger partial charge on any atom is 0.255 e. The Morgan fingerprint density at radius 2 is 1.77 bits per heavy atom. The van der Waals surface area contributed by atoms with E-state index in [1.54, 1.807) is 24.3 Å². The number of benzene rings is 3. The molecule has 5 nitrogen and oxygen atoms in total. The number of para-hydroxylation sites is 1. The third-order valence-corrected chi connectivity index (χ3v) is 4.87. The zero-order valence-electron chi connectivity index (χ0n) is 16.2. The van der Waals surface area contributed by atoms with Crippen LogP contribution in [0.4, 0.5) is 5.69 Å². The summed E-state index contributed by atoms with van der Waals surface area (Å²) in [6.45, 7) is 1.91. The molecule has 0 saturated heterocycles. The van der Waals surface area contributed by atoms with Crippen molar-refractivity contribution in [3.8, 4) is 22.9 Å². The van der Waals surface area contributed by atoms with Gasteiger partial charge >= 0.3 is 0 Å². The number of carbonyl (C=O) groups is 1. The summed E-state index contributed by atoms with van der Waals surface area (Å²) < 4.78 is 5.78. The van der Waals surface area contributed by atoms with Crippen LogP contribution in [0.3, 0.4) is 0 Å². The van der Waals surface area contributed by atoms with E-state index in [1.165, 1.54) is 6.33 Å². The Kier molecular flexibility index (Phi) is 5.72. The van der Waals surface area contributed by atoms with E-state index in [2.05, 4.69) is 15.3 Å². The number of nitrogens with one attached hydrogen (secondary N) is 1. The van der Waals surface area contributed by atoms with Gasteiger partial charge in [0.05, 0.1) is 5.69 Å². The predicted molar refractivity (Wildman–Crippen MR) is 118 cm³/mol. The van der Waals surface area contributed by atoms with Gasteiger partial charge in [-0.25, -0.2) is 9.97 Å². The van der Waals surface area contributed by atoms with Gasteiger partial charge in [-0.05, 0) is 48.9 Å². The van der Waals surface area contributed by atoms with E-state index >= 15 is 0 Å². The molecule has 4 aromatic rings. The fourth-order valence-corrected chi connectivity index (χ4v) is 3.04. The number of carbonyl (C=O) groups excluding carboxylic acids is 1. The molecular formula is C24H18ClN3O2. The van der Waals surface area contributed by atoms with Crippen molar-refractivity contribution in [1.82, 2.24) is 9.97 Å². The van der Waals surface area contributed by atoms with Crippen molar-refractivity contribution in [2.24, 2.45) is 0 Å². The molecule has 1 N–H and O–H groups in total. The van der Waals surface area contributed by atoms with Crippen LogP contribution in [0.1, 0.15) is 15.9 Å². The van der Waals surface area contributed by atoms with Gasteiger partial charge in [-0.2, -0.15) is 0 Å². The van der Waals surface area contributed by atoms with Gasteiger partial charge in [0.15, 0.2) is 0 Å². The van der Waals surface area contributed by atoms with Crippen molar-refractivity contribution in [3.63, 3.8) is 0 Å². The highest BCUT2D eigenvalue weighted by Gasteiger charge is 2.10. The van der Waals surface area contributed by atoms with Gasteiger partial charge in [-0.1, -0.05) is 48.0 Å². The van der Waals surface area contributed by atoms with Crippen LogP contribution >= 0.6 is 11.6 Å². The maximum absolute atomic E-state index is 12.7. The number of amides is 1. The van der Waals surface area contributed by atoms with Crippen LogP contribution in [0.25, 0.3) is 11.3 Å². The number of rotatable bonds is 5. The van der Waals surface area contributed by atoms with Crippen LogP contribution in [-0.2, 0) is 0 Å². The number of aromatic nitrogens is 2. The molecule has 1 amide bonds. The molecule has 148 valence electrons. The topological polar surface area (TPSA) is 64.1 Å². The average molecular weight is 416 g/mol. The van der Waals surface area contributed by atoms with Crippen LogP contribution in [0, 0.1) is 6.92 Å². The fraction of sp³-hybridized carbons (Fsp3) is 0.0417. The van der Waals surface area contributed by atoms with E-state index in [9.17, 15) is 4.79 Å². The molecule has 0 bridgehead atoms. The molecule has 30 heavy (non-hydrogen) atoms. The van der Waals surface area contributed by atoms with Crippen molar-refractivity contribution >= 4 is 23.2 Å². The Morgan fingerprint density at radius 1 is 0.933 bits per heavy atom. The highest BCUT2D eigenvalue weighted by molar-refractivity contribution is 6.31. The number of nitrogens with zero attached hydrogens (tertiary/aromatic N) is 2. The maximum atomic E-state index is 12.7. The van der Waals surface area contributed by atoms with E-state index in [-0.39, 0.29) is 5.91 Å². The average Bonchev–Trinajstić information content (AvgIpc) is 2.77. The Hall–Kier alpha value is -3.70. The van der Waals surface area contributed by atoms with E-state index < -0.39 is 0 Å². The zero-order chi connectivity index (χ0) is 20.9. The molecule has 0 saturated carbocycles. The third kappa shape index (κ3) is 4.64.